The molecule has 0 atom stereocenters. The maximum atomic E-state index is 9.07. The zero-order valence-corrected chi connectivity index (χ0v) is 11.8. The molecule has 1 aromatic heterocycles. The van der Waals surface area contributed by atoms with Crippen molar-refractivity contribution in [2.45, 2.75) is 11.9 Å². The Morgan fingerprint density at radius 3 is 2.86 bits per heavy atom. The van der Waals surface area contributed by atoms with Gasteiger partial charge in [0.05, 0.1) is 6.61 Å². The number of alkyl halides is 1. The number of hydrogen-bond acceptors (Lipinski definition) is 2. The van der Waals surface area contributed by atoms with Crippen molar-refractivity contribution in [1.82, 2.24) is 0 Å². The van der Waals surface area contributed by atoms with Gasteiger partial charge in [0.1, 0.15) is 0 Å². The molecule has 0 aliphatic heterocycles. The Morgan fingerprint density at radius 2 is 2.21 bits per heavy atom. The molecular formula is C10H8BrIOS. The van der Waals surface area contributed by atoms with Crippen LogP contribution in [0.15, 0.2) is 18.2 Å². The lowest BCUT2D eigenvalue weighted by atomic mass is 10.2. The van der Waals surface area contributed by atoms with Gasteiger partial charge in [-0.25, -0.2) is 0 Å². The molecule has 1 nitrogen and oxygen atoms in total. The molecule has 0 amide bonds. The van der Waals surface area contributed by atoms with E-state index in [1.165, 1.54) is 19.2 Å². The van der Waals surface area contributed by atoms with Crippen LogP contribution in [0.5, 0.6) is 0 Å². The Bertz CT molecular complexity index is 466. The van der Waals surface area contributed by atoms with Crippen molar-refractivity contribution in [3.63, 3.8) is 0 Å². The molecule has 0 saturated heterocycles. The van der Waals surface area contributed by atoms with Crippen LogP contribution in [-0.2, 0) is 11.9 Å². The second-order valence-electron chi connectivity index (χ2n) is 2.95. The topological polar surface area (TPSA) is 20.2 Å². The average Bonchev–Trinajstić information content (AvgIpc) is 2.60. The molecule has 0 bridgehead atoms. The van der Waals surface area contributed by atoms with Crippen LogP contribution in [0.1, 0.15) is 10.4 Å². The van der Waals surface area contributed by atoms with E-state index in [4.69, 9.17) is 5.11 Å². The van der Waals surface area contributed by atoms with Crippen LogP contribution in [0.4, 0.5) is 0 Å². The number of benzene rings is 1. The van der Waals surface area contributed by atoms with Crippen molar-refractivity contribution in [3.8, 4) is 0 Å². The van der Waals surface area contributed by atoms with Gasteiger partial charge < -0.3 is 5.11 Å². The molecule has 74 valence electrons. The number of aliphatic hydroxyl groups is 1. The van der Waals surface area contributed by atoms with Crippen LogP contribution < -0.4 is 0 Å². The molecular weight excluding hydrogens is 375 g/mol. The summed E-state index contributed by atoms with van der Waals surface area (Å²) in [5.41, 5.74) is 1.33. The number of aliphatic hydroxyl groups excluding tert-OH is 1. The minimum atomic E-state index is 0.137. The van der Waals surface area contributed by atoms with Gasteiger partial charge in [-0.1, -0.05) is 22.0 Å². The predicted molar refractivity (Wildman–Crippen MR) is 73.1 cm³/mol. The van der Waals surface area contributed by atoms with E-state index in [9.17, 15) is 0 Å². The monoisotopic (exact) mass is 382 g/mol. The Hall–Kier alpha value is 0.350. The molecule has 2 rings (SSSR count). The Labute approximate surface area is 108 Å². The molecule has 1 N–H and O–H groups in total. The zero-order valence-electron chi connectivity index (χ0n) is 7.26. The summed E-state index contributed by atoms with van der Waals surface area (Å²) in [6.07, 6.45) is 0. The summed E-state index contributed by atoms with van der Waals surface area (Å²) in [5.74, 6) is 0. The van der Waals surface area contributed by atoms with Gasteiger partial charge in [0.2, 0.25) is 0 Å². The number of halogens is 2. The quantitative estimate of drug-likeness (QED) is 0.617. The lowest BCUT2D eigenvalue weighted by molar-refractivity contribution is 0.285. The molecule has 0 aliphatic rings. The van der Waals surface area contributed by atoms with E-state index in [-0.39, 0.29) is 6.61 Å². The van der Waals surface area contributed by atoms with Crippen LogP contribution in [0.25, 0.3) is 10.1 Å². The summed E-state index contributed by atoms with van der Waals surface area (Å²) in [6.45, 7) is 0.137. The maximum absolute atomic E-state index is 9.07. The molecule has 0 fully saturated rings. The zero-order chi connectivity index (χ0) is 10.1. The van der Waals surface area contributed by atoms with Crippen LogP contribution in [0, 0.1) is 3.57 Å². The van der Waals surface area contributed by atoms with E-state index in [0.29, 0.717) is 0 Å². The van der Waals surface area contributed by atoms with Gasteiger partial charge in [-0.2, -0.15) is 0 Å². The highest BCUT2D eigenvalue weighted by Gasteiger charge is 2.08. The highest BCUT2D eigenvalue weighted by molar-refractivity contribution is 14.1. The third-order valence-electron chi connectivity index (χ3n) is 2.07. The summed E-state index contributed by atoms with van der Waals surface area (Å²) >= 11 is 7.52. The van der Waals surface area contributed by atoms with Crippen LogP contribution in [-0.4, -0.2) is 5.11 Å². The molecule has 4 heteroatoms. The average molecular weight is 383 g/mol. The van der Waals surface area contributed by atoms with E-state index in [1.54, 1.807) is 11.3 Å². The van der Waals surface area contributed by atoms with E-state index in [1.807, 2.05) is 0 Å². The van der Waals surface area contributed by atoms with Gasteiger partial charge in [0, 0.05) is 18.5 Å². The summed E-state index contributed by atoms with van der Waals surface area (Å²) in [6, 6.07) is 6.29. The number of fused-ring (bicyclic) bond motifs is 1. The summed E-state index contributed by atoms with van der Waals surface area (Å²) < 4.78 is 2.57. The molecule has 14 heavy (non-hydrogen) atoms. The van der Waals surface area contributed by atoms with Crippen molar-refractivity contribution in [1.29, 1.82) is 0 Å². The molecule has 0 radical (unpaired) electrons. The van der Waals surface area contributed by atoms with Crippen LogP contribution in [0.2, 0.25) is 0 Å². The molecule has 0 saturated carbocycles. The Morgan fingerprint density at radius 1 is 1.43 bits per heavy atom. The van der Waals surface area contributed by atoms with Crippen molar-refractivity contribution in [2.24, 2.45) is 0 Å². The van der Waals surface area contributed by atoms with Crippen molar-refractivity contribution in [3.05, 3.63) is 32.2 Å². The predicted octanol–water partition coefficient (Wildman–Crippen LogP) is 3.89. The summed E-state index contributed by atoms with van der Waals surface area (Å²) in [4.78, 5) is 1.03. The van der Waals surface area contributed by atoms with Gasteiger partial charge in [-0.05, 0) is 45.7 Å². The SMILES string of the molecule is OCc1cc2ccc(I)c(CBr)c2s1. The largest absolute Gasteiger partial charge is 0.391 e. The van der Waals surface area contributed by atoms with Gasteiger partial charge in [0.25, 0.3) is 0 Å². The lowest BCUT2D eigenvalue weighted by Crippen LogP contribution is -1.82. The van der Waals surface area contributed by atoms with E-state index in [0.717, 1.165) is 10.2 Å². The van der Waals surface area contributed by atoms with Crippen LogP contribution in [0.3, 0.4) is 0 Å². The second-order valence-corrected chi connectivity index (χ2v) is 5.81. The van der Waals surface area contributed by atoms with Crippen LogP contribution >= 0.6 is 49.9 Å². The lowest BCUT2D eigenvalue weighted by Gasteiger charge is -2.00. The van der Waals surface area contributed by atoms with Gasteiger partial charge in [0.15, 0.2) is 0 Å². The first-order chi connectivity index (χ1) is 6.76. The highest BCUT2D eigenvalue weighted by atomic mass is 127. The van der Waals surface area contributed by atoms with Crippen molar-refractivity contribution >= 4 is 59.9 Å². The van der Waals surface area contributed by atoms with E-state index < -0.39 is 0 Å². The van der Waals surface area contributed by atoms with E-state index >= 15 is 0 Å². The van der Waals surface area contributed by atoms with E-state index in [2.05, 4.69) is 56.7 Å². The van der Waals surface area contributed by atoms with Crippen molar-refractivity contribution in [2.75, 3.05) is 0 Å². The molecule has 2 aromatic rings. The third-order valence-corrected chi connectivity index (χ3v) is 4.84. The molecule has 1 heterocycles. The first kappa shape index (κ1) is 10.9. The highest BCUT2D eigenvalue weighted by Crippen LogP contribution is 2.32. The van der Waals surface area contributed by atoms with Gasteiger partial charge in [-0.15, -0.1) is 11.3 Å². The normalized spacial score (nSPS) is 11.1. The fraction of sp³-hybridized carbons (Fsp3) is 0.200. The molecule has 0 spiro atoms. The minimum absolute atomic E-state index is 0.137. The summed E-state index contributed by atoms with van der Waals surface area (Å²) in [5, 5.41) is 11.2. The second kappa shape index (κ2) is 4.47. The Kier molecular flexibility index (Phi) is 3.46. The first-order valence-corrected chi connectivity index (χ1v) is 7.14. The fourth-order valence-corrected chi connectivity index (χ4v) is 4.57. The number of rotatable bonds is 2. The van der Waals surface area contributed by atoms with Gasteiger partial charge in [-0.3, -0.25) is 0 Å². The van der Waals surface area contributed by atoms with Crippen molar-refractivity contribution < 1.29 is 5.11 Å². The number of hydrogen-bond donors (Lipinski definition) is 1. The molecule has 0 aliphatic carbocycles. The standard InChI is InChI=1S/C10H8BrIOS/c11-4-8-9(12)2-1-6-3-7(5-13)14-10(6)8/h1-3,13H,4-5H2. The third kappa shape index (κ3) is 1.85. The Balaban J connectivity index is 2.73. The smallest absolute Gasteiger partial charge is 0.0774 e. The molecule has 0 unspecified atom stereocenters. The number of thiophene rings is 1. The maximum Gasteiger partial charge on any atom is 0.0774 e. The minimum Gasteiger partial charge on any atom is -0.391 e. The molecule has 1 aromatic carbocycles. The fourth-order valence-electron chi connectivity index (χ4n) is 1.39. The van der Waals surface area contributed by atoms with Gasteiger partial charge >= 0.3 is 0 Å². The summed E-state index contributed by atoms with van der Waals surface area (Å²) in [7, 11) is 0. The first-order valence-electron chi connectivity index (χ1n) is 4.13.